The largest absolute Gasteiger partial charge is 0.507 e. The Morgan fingerprint density at radius 3 is 2.58 bits per heavy atom. The van der Waals surface area contributed by atoms with Gasteiger partial charge in [-0.1, -0.05) is 12.1 Å². The van der Waals surface area contributed by atoms with Crippen LogP contribution >= 0.6 is 0 Å². The summed E-state index contributed by atoms with van der Waals surface area (Å²) in [5.41, 5.74) is 7.91. The van der Waals surface area contributed by atoms with E-state index in [9.17, 15) is 9.90 Å². The summed E-state index contributed by atoms with van der Waals surface area (Å²) in [6, 6.07) is 10.1. The molecule has 0 aliphatic heterocycles. The van der Waals surface area contributed by atoms with Gasteiger partial charge in [0.25, 0.3) is 0 Å². The standard InChI is InChI=1S/C15H15NO3/c1-9-3-4-10(8-14(9)19-2)12-7-11(15(16)18)5-6-13(12)17/h3-8,17H,1-2H3,(H2,16,18). The highest BCUT2D eigenvalue weighted by Gasteiger charge is 2.10. The van der Waals surface area contributed by atoms with Gasteiger partial charge in [-0.15, -0.1) is 0 Å². The smallest absolute Gasteiger partial charge is 0.248 e. The zero-order valence-corrected chi connectivity index (χ0v) is 10.8. The fraction of sp³-hybridized carbons (Fsp3) is 0.133. The lowest BCUT2D eigenvalue weighted by Crippen LogP contribution is -2.10. The average Bonchev–Trinajstić information content (AvgIpc) is 2.40. The molecule has 0 aliphatic rings. The fourth-order valence-electron chi connectivity index (χ4n) is 1.91. The third-order valence-corrected chi connectivity index (χ3v) is 3.00. The normalized spacial score (nSPS) is 10.2. The van der Waals surface area contributed by atoms with E-state index in [4.69, 9.17) is 10.5 Å². The van der Waals surface area contributed by atoms with Gasteiger partial charge in [-0.05, 0) is 42.3 Å². The van der Waals surface area contributed by atoms with Crippen LogP contribution in [0.2, 0.25) is 0 Å². The van der Waals surface area contributed by atoms with E-state index in [0.717, 1.165) is 16.9 Å². The lowest BCUT2D eigenvalue weighted by molar-refractivity contribution is 0.100. The predicted octanol–water partition coefficient (Wildman–Crippen LogP) is 2.48. The van der Waals surface area contributed by atoms with E-state index in [0.29, 0.717) is 11.1 Å². The molecular formula is C15H15NO3. The quantitative estimate of drug-likeness (QED) is 0.887. The maximum Gasteiger partial charge on any atom is 0.248 e. The van der Waals surface area contributed by atoms with Gasteiger partial charge in [0.05, 0.1) is 7.11 Å². The van der Waals surface area contributed by atoms with E-state index in [-0.39, 0.29) is 5.75 Å². The van der Waals surface area contributed by atoms with Gasteiger partial charge in [0.1, 0.15) is 11.5 Å². The van der Waals surface area contributed by atoms with Crippen molar-refractivity contribution in [3.05, 3.63) is 47.5 Å². The molecule has 3 N–H and O–H groups in total. The summed E-state index contributed by atoms with van der Waals surface area (Å²) in [7, 11) is 1.59. The number of aromatic hydroxyl groups is 1. The van der Waals surface area contributed by atoms with Crippen molar-refractivity contribution >= 4 is 5.91 Å². The van der Waals surface area contributed by atoms with E-state index in [1.165, 1.54) is 12.1 Å². The molecule has 0 spiro atoms. The minimum Gasteiger partial charge on any atom is -0.507 e. The fourth-order valence-corrected chi connectivity index (χ4v) is 1.91. The van der Waals surface area contributed by atoms with Gasteiger partial charge in [-0.2, -0.15) is 0 Å². The molecule has 98 valence electrons. The molecule has 2 rings (SSSR count). The third kappa shape index (κ3) is 2.52. The summed E-state index contributed by atoms with van der Waals surface area (Å²) in [6.45, 7) is 1.93. The highest BCUT2D eigenvalue weighted by atomic mass is 16.5. The zero-order chi connectivity index (χ0) is 14.0. The van der Waals surface area contributed by atoms with Crippen molar-refractivity contribution in [1.82, 2.24) is 0 Å². The Hall–Kier alpha value is -2.49. The number of amides is 1. The molecule has 19 heavy (non-hydrogen) atoms. The number of methoxy groups -OCH3 is 1. The molecule has 0 unspecified atom stereocenters. The van der Waals surface area contributed by atoms with Crippen molar-refractivity contribution in [2.45, 2.75) is 6.92 Å². The first-order valence-electron chi connectivity index (χ1n) is 5.80. The summed E-state index contributed by atoms with van der Waals surface area (Å²) >= 11 is 0. The molecule has 0 saturated carbocycles. The first-order chi connectivity index (χ1) is 9.02. The molecule has 1 amide bonds. The molecule has 0 fully saturated rings. The molecular weight excluding hydrogens is 242 g/mol. The maximum absolute atomic E-state index is 11.2. The van der Waals surface area contributed by atoms with Gasteiger partial charge in [0.2, 0.25) is 5.91 Å². The first-order valence-corrected chi connectivity index (χ1v) is 5.80. The Labute approximate surface area is 111 Å². The Kier molecular flexibility index (Phi) is 3.42. The number of primary amides is 1. The van der Waals surface area contributed by atoms with Crippen LogP contribution in [0.5, 0.6) is 11.5 Å². The number of hydrogen-bond acceptors (Lipinski definition) is 3. The number of phenols is 1. The summed E-state index contributed by atoms with van der Waals surface area (Å²) in [5.74, 6) is 0.289. The second-order valence-electron chi connectivity index (χ2n) is 4.28. The Balaban J connectivity index is 2.57. The SMILES string of the molecule is COc1cc(-c2cc(C(N)=O)ccc2O)ccc1C. The molecule has 0 bridgehead atoms. The number of nitrogens with two attached hydrogens (primary N) is 1. The Morgan fingerprint density at radius 1 is 1.21 bits per heavy atom. The highest BCUT2D eigenvalue weighted by Crippen LogP contribution is 2.33. The Morgan fingerprint density at radius 2 is 1.95 bits per heavy atom. The molecule has 2 aromatic carbocycles. The lowest BCUT2D eigenvalue weighted by Gasteiger charge is -2.10. The monoisotopic (exact) mass is 257 g/mol. The van der Waals surface area contributed by atoms with E-state index in [1.54, 1.807) is 13.2 Å². The van der Waals surface area contributed by atoms with E-state index < -0.39 is 5.91 Å². The van der Waals surface area contributed by atoms with Gasteiger partial charge in [0.15, 0.2) is 0 Å². The summed E-state index contributed by atoms with van der Waals surface area (Å²) in [4.78, 5) is 11.2. The summed E-state index contributed by atoms with van der Waals surface area (Å²) < 4.78 is 5.25. The van der Waals surface area contributed by atoms with Gasteiger partial charge < -0.3 is 15.6 Å². The van der Waals surface area contributed by atoms with Crippen molar-refractivity contribution in [2.75, 3.05) is 7.11 Å². The highest BCUT2D eigenvalue weighted by molar-refractivity contribution is 5.94. The van der Waals surface area contributed by atoms with E-state index >= 15 is 0 Å². The average molecular weight is 257 g/mol. The third-order valence-electron chi connectivity index (χ3n) is 3.00. The molecule has 4 heteroatoms. The van der Waals surface area contributed by atoms with Crippen LogP contribution in [0.25, 0.3) is 11.1 Å². The van der Waals surface area contributed by atoms with Crippen LogP contribution in [0, 0.1) is 6.92 Å². The second-order valence-corrected chi connectivity index (χ2v) is 4.28. The van der Waals surface area contributed by atoms with Crippen LogP contribution in [0.4, 0.5) is 0 Å². The number of benzene rings is 2. The molecule has 2 aromatic rings. The number of rotatable bonds is 3. The van der Waals surface area contributed by atoms with Crippen LogP contribution in [0.1, 0.15) is 15.9 Å². The number of aryl methyl sites for hydroxylation is 1. The van der Waals surface area contributed by atoms with Crippen molar-refractivity contribution in [2.24, 2.45) is 5.73 Å². The van der Waals surface area contributed by atoms with E-state index in [2.05, 4.69) is 0 Å². The van der Waals surface area contributed by atoms with Crippen LogP contribution in [0.3, 0.4) is 0 Å². The molecule has 0 atom stereocenters. The van der Waals surface area contributed by atoms with Crippen molar-refractivity contribution in [1.29, 1.82) is 0 Å². The molecule has 4 nitrogen and oxygen atoms in total. The Bertz CT molecular complexity index is 635. The second kappa shape index (κ2) is 5.02. The minimum absolute atomic E-state index is 0.0934. The number of hydrogen-bond donors (Lipinski definition) is 2. The predicted molar refractivity (Wildman–Crippen MR) is 73.3 cm³/mol. The molecule has 0 radical (unpaired) electrons. The zero-order valence-electron chi connectivity index (χ0n) is 10.8. The number of ether oxygens (including phenoxy) is 1. The molecule has 0 aliphatic carbocycles. The molecule has 0 aromatic heterocycles. The minimum atomic E-state index is -0.527. The molecule has 0 heterocycles. The summed E-state index contributed by atoms with van der Waals surface area (Å²) in [5, 5.41) is 9.91. The van der Waals surface area contributed by atoms with Crippen LogP contribution in [0.15, 0.2) is 36.4 Å². The molecule has 0 saturated heterocycles. The number of carbonyl (C=O) groups is 1. The van der Waals surface area contributed by atoms with Gasteiger partial charge >= 0.3 is 0 Å². The number of phenolic OH excluding ortho intramolecular Hbond substituents is 1. The topological polar surface area (TPSA) is 72.5 Å². The van der Waals surface area contributed by atoms with Gasteiger partial charge in [-0.3, -0.25) is 4.79 Å². The number of carbonyl (C=O) groups excluding carboxylic acids is 1. The van der Waals surface area contributed by atoms with Crippen molar-refractivity contribution in [3.63, 3.8) is 0 Å². The maximum atomic E-state index is 11.2. The van der Waals surface area contributed by atoms with Crippen LogP contribution < -0.4 is 10.5 Å². The van der Waals surface area contributed by atoms with Gasteiger partial charge in [-0.25, -0.2) is 0 Å². The van der Waals surface area contributed by atoms with Crippen molar-refractivity contribution in [3.8, 4) is 22.6 Å². The lowest BCUT2D eigenvalue weighted by atomic mass is 10.00. The van der Waals surface area contributed by atoms with Crippen molar-refractivity contribution < 1.29 is 14.6 Å². The van der Waals surface area contributed by atoms with Gasteiger partial charge in [0, 0.05) is 11.1 Å². The summed E-state index contributed by atoms with van der Waals surface area (Å²) in [6.07, 6.45) is 0. The van der Waals surface area contributed by atoms with E-state index in [1.807, 2.05) is 25.1 Å². The first kappa shape index (κ1) is 13.0. The van der Waals surface area contributed by atoms with Crippen LogP contribution in [-0.4, -0.2) is 18.1 Å². The van der Waals surface area contributed by atoms with Crippen LogP contribution in [-0.2, 0) is 0 Å².